The van der Waals surface area contributed by atoms with Crippen LogP contribution in [-0.2, 0) is 5.41 Å². The molecule has 3 N–H and O–H groups in total. The Bertz CT molecular complexity index is 461. The number of nitrogens with two attached hydrogens (primary N) is 1. The maximum Gasteiger partial charge on any atom is 0.138 e. The van der Waals surface area contributed by atoms with Crippen LogP contribution in [0.25, 0.3) is 0 Å². The molecule has 0 fully saturated rings. The zero-order chi connectivity index (χ0) is 16.2. The molecule has 120 valence electrons. The lowest BCUT2D eigenvalue weighted by atomic mass is 9.95. The van der Waals surface area contributed by atoms with E-state index in [1.807, 2.05) is 6.92 Å². The maximum absolute atomic E-state index is 6.04. The predicted octanol–water partition coefficient (Wildman–Crippen LogP) is 4.29. The van der Waals surface area contributed by atoms with Crippen LogP contribution in [0.5, 0.6) is 0 Å². The van der Waals surface area contributed by atoms with Crippen molar-refractivity contribution in [3.63, 3.8) is 0 Å². The summed E-state index contributed by atoms with van der Waals surface area (Å²) in [5.74, 6) is 3.01. The number of nitrogens with one attached hydrogen (secondary N) is 1. The highest BCUT2D eigenvalue weighted by Crippen LogP contribution is 2.25. The molecule has 0 aliphatic heterocycles. The number of nitrogen functional groups attached to an aromatic ring is 1. The lowest BCUT2D eigenvalue weighted by Gasteiger charge is -2.22. The van der Waals surface area contributed by atoms with E-state index in [4.69, 9.17) is 5.73 Å². The molecule has 0 aromatic carbocycles. The molecule has 21 heavy (non-hydrogen) atoms. The molecule has 0 aliphatic carbocycles. The number of hydrogen-bond donors (Lipinski definition) is 2. The summed E-state index contributed by atoms with van der Waals surface area (Å²) in [7, 11) is 0. The van der Waals surface area contributed by atoms with Crippen LogP contribution >= 0.6 is 0 Å². The molecule has 0 radical (unpaired) electrons. The predicted molar refractivity (Wildman–Crippen MR) is 91.7 cm³/mol. The summed E-state index contributed by atoms with van der Waals surface area (Å²) in [6, 6.07) is 0.393. The number of aromatic nitrogens is 2. The fourth-order valence-electron chi connectivity index (χ4n) is 2.15. The SMILES string of the molecule is Cc1c(N)nc(C(C)(C)C)nc1NC(C)CCCC(C)C. The molecule has 0 aliphatic rings. The van der Waals surface area contributed by atoms with Gasteiger partial charge in [-0.05, 0) is 26.2 Å². The fourth-order valence-corrected chi connectivity index (χ4v) is 2.15. The van der Waals surface area contributed by atoms with Crippen LogP contribution in [0.1, 0.15) is 72.2 Å². The van der Waals surface area contributed by atoms with E-state index < -0.39 is 0 Å². The van der Waals surface area contributed by atoms with Gasteiger partial charge in [0.15, 0.2) is 0 Å². The van der Waals surface area contributed by atoms with Crippen LogP contribution in [-0.4, -0.2) is 16.0 Å². The second kappa shape index (κ2) is 7.10. The van der Waals surface area contributed by atoms with Crippen LogP contribution in [0.4, 0.5) is 11.6 Å². The van der Waals surface area contributed by atoms with Gasteiger partial charge in [-0.2, -0.15) is 0 Å². The summed E-state index contributed by atoms with van der Waals surface area (Å²) in [5, 5.41) is 3.51. The van der Waals surface area contributed by atoms with E-state index in [9.17, 15) is 0 Å². The number of nitrogens with zero attached hydrogens (tertiary/aromatic N) is 2. The molecule has 1 rings (SSSR count). The highest BCUT2D eigenvalue weighted by molar-refractivity contribution is 5.55. The molecule has 0 saturated carbocycles. The van der Waals surface area contributed by atoms with Crippen molar-refractivity contribution < 1.29 is 0 Å². The van der Waals surface area contributed by atoms with E-state index in [-0.39, 0.29) is 5.41 Å². The van der Waals surface area contributed by atoms with E-state index in [1.54, 1.807) is 0 Å². The Hall–Kier alpha value is -1.32. The molecule has 1 aromatic heterocycles. The number of hydrogen-bond acceptors (Lipinski definition) is 4. The van der Waals surface area contributed by atoms with Crippen molar-refractivity contribution in [3.05, 3.63) is 11.4 Å². The molecule has 4 nitrogen and oxygen atoms in total. The van der Waals surface area contributed by atoms with E-state index in [1.165, 1.54) is 12.8 Å². The first-order valence-electron chi connectivity index (χ1n) is 8.02. The lowest BCUT2D eigenvalue weighted by molar-refractivity contribution is 0.518. The number of anilines is 2. The number of rotatable bonds is 6. The van der Waals surface area contributed by atoms with Gasteiger partial charge in [0, 0.05) is 17.0 Å². The Morgan fingerprint density at radius 2 is 1.71 bits per heavy atom. The summed E-state index contributed by atoms with van der Waals surface area (Å²) in [5.41, 5.74) is 6.89. The third-order valence-corrected chi connectivity index (χ3v) is 3.66. The second-order valence-electron chi connectivity index (χ2n) is 7.53. The Balaban J connectivity index is 2.80. The summed E-state index contributed by atoms with van der Waals surface area (Å²) < 4.78 is 0. The summed E-state index contributed by atoms with van der Waals surface area (Å²) in [6.45, 7) is 15.0. The van der Waals surface area contributed by atoms with Crippen LogP contribution in [0.2, 0.25) is 0 Å². The van der Waals surface area contributed by atoms with Crippen LogP contribution in [0.15, 0.2) is 0 Å². The largest absolute Gasteiger partial charge is 0.383 e. The maximum atomic E-state index is 6.04. The Kier molecular flexibility index (Phi) is 5.99. The minimum atomic E-state index is -0.0981. The Labute approximate surface area is 130 Å². The van der Waals surface area contributed by atoms with Crippen LogP contribution < -0.4 is 11.1 Å². The average Bonchev–Trinajstić information content (AvgIpc) is 2.32. The molecule has 0 bridgehead atoms. The van der Waals surface area contributed by atoms with Crippen molar-refractivity contribution in [3.8, 4) is 0 Å². The van der Waals surface area contributed by atoms with E-state index >= 15 is 0 Å². The van der Waals surface area contributed by atoms with Crippen molar-refractivity contribution in [2.45, 2.75) is 79.2 Å². The zero-order valence-electron chi connectivity index (χ0n) is 14.7. The van der Waals surface area contributed by atoms with Gasteiger partial charge in [0.05, 0.1) is 0 Å². The monoisotopic (exact) mass is 292 g/mol. The first-order chi connectivity index (χ1) is 9.61. The van der Waals surface area contributed by atoms with E-state index in [2.05, 4.69) is 56.8 Å². The fraction of sp³-hybridized carbons (Fsp3) is 0.765. The smallest absolute Gasteiger partial charge is 0.138 e. The second-order valence-corrected chi connectivity index (χ2v) is 7.53. The van der Waals surface area contributed by atoms with Crippen molar-refractivity contribution in [2.75, 3.05) is 11.1 Å². The van der Waals surface area contributed by atoms with Gasteiger partial charge < -0.3 is 11.1 Å². The van der Waals surface area contributed by atoms with Gasteiger partial charge in [-0.1, -0.05) is 47.5 Å². The Morgan fingerprint density at radius 1 is 1.10 bits per heavy atom. The third kappa shape index (κ3) is 5.52. The van der Waals surface area contributed by atoms with E-state index in [0.29, 0.717) is 11.9 Å². The summed E-state index contributed by atoms with van der Waals surface area (Å²) in [6.07, 6.45) is 3.65. The third-order valence-electron chi connectivity index (χ3n) is 3.66. The molecule has 1 atom stereocenters. The molecule has 1 unspecified atom stereocenters. The standard InChI is InChI=1S/C17H32N4/c1-11(2)9-8-10-12(3)19-15-13(4)14(18)20-16(21-15)17(5,6)7/h11-12H,8-10H2,1-7H3,(H3,18,19,20,21). The molecular formula is C17H32N4. The molecule has 4 heteroatoms. The van der Waals surface area contributed by atoms with Gasteiger partial charge in [-0.15, -0.1) is 0 Å². The first kappa shape index (κ1) is 17.7. The van der Waals surface area contributed by atoms with Gasteiger partial charge in [0.1, 0.15) is 17.5 Å². The normalized spacial score (nSPS) is 13.5. The van der Waals surface area contributed by atoms with Crippen molar-refractivity contribution >= 4 is 11.6 Å². The van der Waals surface area contributed by atoms with Gasteiger partial charge >= 0.3 is 0 Å². The Morgan fingerprint density at radius 3 is 2.24 bits per heavy atom. The van der Waals surface area contributed by atoms with E-state index in [0.717, 1.165) is 29.5 Å². The lowest BCUT2D eigenvalue weighted by Crippen LogP contribution is -2.22. The molecule has 0 spiro atoms. The topological polar surface area (TPSA) is 63.8 Å². The van der Waals surface area contributed by atoms with Crippen molar-refractivity contribution in [1.82, 2.24) is 9.97 Å². The van der Waals surface area contributed by atoms with Gasteiger partial charge in [-0.25, -0.2) is 9.97 Å². The van der Waals surface area contributed by atoms with Gasteiger partial charge in [-0.3, -0.25) is 0 Å². The first-order valence-corrected chi connectivity index (χ1v) is 8.02. The molecular weight excluding hydrogens is 260 g/mol. The van der Waals surface area contributed by atoms with Crippen molar-refractivity contribution in [1.29, 1.82) is 0 Å². The molecule has 0 saturated heterocycles. The van der Waals surface area contributed by atoms with Crippen LogP contribution in [0.3, 0.4) is 0 Å². The summed E-state index contributed by atoms with van der Waals surface area (Å²) in [4.78, 5) is 9.11. The molecule has 0 amide bonds. The summed E-state index contributed by atoms with van der Waals surface area (Å²) >= 11 is 0. The van der Waals surface area contributed by atoms with Gasteiger partial charge in [0.25, 0.3) is 0 Å². The minimum absolute atomic E-state index is 0.0981. The molecule has 1 aromatic rings. The highest BCUT2D eigenvalue weighted by Gasteiger charge is 2.20. The van der Waals surface area contributed by atoms with Crippen LogP contribution in [0, 0.1) is 12.8 Å². The minimum Gasteiger partial charge on any atom is -0.383 e. The molecule has 1 heterocycles. The quantitative estimate of drug-likeness (QED) is 0.821. The van der Waals surface area contributed by atoms with Gasteiger partial charge in [0.2, 0.25) is 0 Å². The highest BCUT2D eigenvalue weighted by atomic mass is 15.1. The zero-order valence-corrected chi connectivity index (χ0v) is 14.7. The average molecular weight is 292 g/mol. The van der Waals surface area contributed by atoms with Crippen molar-refractivity contribution in [2.24, 2.45) is 5.92 Å².